The molecule has 0 radical (unpaired) electrons. The van der Waals surface area contributed by atoms with Gasteiger partial charge >= 0.3 is 0 Å². The fraction of sp³-hybridized carbons (Fsp3) is 0.429. The van der Waals surface area contributed by atoms with Gasteiger partial charge in [0.25, 0.3) is 0 Å². The van der Waals surface area contributed by atoms with Crippen LogP contribution in [0.3, 0.4) is 0 Å². The Morgan fingerprint density at radius 2 is 1.93 bits per heavy atom. The lowest BCUT2D eigenvalue weighted by atomic mass is 10.1. The van der Waals surface area contributed by atoms with E-state index in [9.17, 15) is 0 Å². The molecule has 0 heterocycles. The van der Waals surface area contributed by atoms with Gasteiger partial charge in [-0.15, -0.1) is 0 Å². The molecule has 0 aliphatic carbocycles. The average molecular weight is 204 g/mol. The van der Waals surface area contributed by atoms with Crippen LogP contribution in [0, 0.1) is 0 Å². The van der Waals surface area contributed by atoms with Crippen LogP contribution in [0.2, 0.25) is 0 Å². The zero-order chi connectivity index (χ0) is 11.1. The van der Waals surface area contributed by atoms with Crippen molar-refractivity contribution < 1.29 is 4.74 Å². The Morgan fingerprint density at radius 1 is 1.27 bits per heavy atom. The van der Waals surface area contributed by atoms with Gasteiger partial charge in [0.15, 0.2) is 0 Å². The largest absolute Gasteiger partial charge is 0.494 e. The minimum absolute atomic E-state index is 0.816. The highest BCUT2D eigenvalue weighted by Crippen LogP contribution is 2.14. The van der Waals surface area contributed by atoms with E-state index in [1.54, 1.807) is 0 Å². The van der Waals surface area contributed by atoms with Crippen molar-refractivity contribution >= 4 is 0 Å². The van der Waals surface area contributed by atoms with Crippen molar-refractivity contribution in [2.24, 2.45) is 0 Å². The van der Waals surface area contributed by atoms with E-state index in [0.717, 1.165) is 25.2 Å². The fourth-order valence-electron chi connectivity index (χ4n) is 1.39. The summed E-state index contributed by atoms with van der Waals surface area (Å²) >= 11 is 0. The van der Waals surface area contributed by atoms with Gasteiger partial charge in [-0.3, -0.25) is 0 Å². The fourth-order valence-corrected chi connectivity index (χ4v) is 1.39. The van der Waals surface area contributed by atoms with E-state index >= 15 is 0 Å². The lowest BCUT2D eigenvalue weighted by molar-refractivity contribution is 0.309. The molecule has 0 atom stereocenters. The monoisotopic (exact) mass is 204 g/mol. The van der Waals surface area contributed by atoms with Crippen LogP contribution in [0.4, 0.5) is 0 Å². The third kappa shape index (κ3) is 4.68. The molecule has 15 heavy (non-hydrogen) atoms. The molecule has 1 aromatic carbocycles. The molecule has 0 aliphatic heterocycles. The van der Waals surface area contributed by atoms with Crippen molar-refractivity contribution in [3.8, 4) is 5.75 Å². The molecule has 0 amide bonds. The Labute approximate surface area is 92.8 Å². The minimum atomic E-state index is 0.816. The second-order valence-corrected chi connectivity index (χ2v) is 3.98. The molecule has 1 aromatic rings. The number of unbranched alkanes of at least 4 members (excludes halogenated alkanes) is 1. The Morgan fingerprint density at radius 3 is 2.47 bits per heavy atom. The molecule has 0 bridgehead atoms. The predicted octanol–water partition coefficient (Wildman–Crippen LogP) is 3.98. The number of benzene rings is 1. The summed E-state index contributed by atoms with van der Waals surface area (Å²) in [6.07, 6.45) is 3.25. The first-order valence-electron chi connectivity index (χ1n) is 5.58. The van der Waals surface area contributed by atoms with Crippen LogP contribution in [0.25, 0.3) is 0 Å². The van der Waals surface area contributed by atoms with E-state index in [1.165, 1.54) is 17.6 Å². The normalized spacial score (nSPS) is 10.0. The molecule has 0 fully saturated rings. The average Bonchev–Trinajstić information content (AvgIpc) is 2.20. The third-order valence-electron chi connectivity index (χ3n) is 2.20. The Kier molecular flexibility index (Phi) is 4.96. The van der Waals surface area contributed by atoms with Crippen LogP contribution in [0.1, 0.15) is 32.3 Å². The number of rotatable bonds is 6. The van der Waals surface area contributed by atoms with Gasteiger partial charge in [-0.25, -0.2) is 0 Å². The molecule has 0 unspecified atom stereocenters. The molecule has 0 spiro atoms. The first-order chi connectivity index (χ1) is 7.22. The highest BCUT2D eigenvalue weighted by Gasteiger charge is 1.95. The van der Waals surface area contributed by atoms with Gasteiger partial charge in [-0.1, -0.05) is 37.6 Å². The standard InChI is InChI=1S/C14H20O/c1-4-5-10-15-14-8-6-13(7-9-14)11-12(2)3/h6-9H,2,4-5,10-11H2,1,3H3. The number of allylic oxidation sites excluding steroid dienone is 1. The lowest BCUT2D eigenvalue weighted by Crippen LogP contribution is -1.96. The molecule has 0 saturated carbocycles. The second kappa shape index (κ2) is 6.28. The third-order valence-corrected chi connectivity index (χ3v) is 2.20. The highest BCUT2D eigenvalue weighted by atomic mass is 16.5. The maximum absolute atomic E-state index is 5.58. The summed E-state index contributed by atoms with van der Waals surface area (Å²) in [5.41, 5.74) is 2.49. The number of hydrogen-bond donors (Lipinski definition) is 0. The van der Waals surface area contributed by atoms with Crippen molar-refractivity contribution in [1.82, 2.24) is 0 Å². The second-order valence-electron chi connectivity index (χ2n) is 3.98. The van der Waals surface area contributed by atoms with Gasteiger partial charge in [0.2, 0.25) is 0 Å². The number of ether oxygens (including phenoxy) is 1. The molecule has 0 saturated heterocycles. The predicted molar refractivity (Wildman–Crippen MR) is 65.4 cm³/mol. The van der Waals surface area contributed by atoms with Crippen LogP contribution in [0.5, 0.6) is 5.75 Å². The van der Waals surface area contributed by atoms with Crippen LogP contribution in [-0.2, 0) is 6.42 Å². The van der Waals surface area contributed by atoms with Gasteiger partial charge in [0.1, 0.15) is 5.75 Å². The Balaban J connectivity index is 2.45. The van der Waals surface area contributed by atoms with Gasteiger partial charge in [0, 0.05) is 0 Å². The first kappa shape index (κ1) is 11.8. The summed E-state index contributed by atoms with van der Waals surface area (Å²) in [7, 11) is 0. The van der Waals surface area contributed by atoms with Gasteiger partial charge < -0.3 is 4.74 Å². The zero-order valence-corrected chi connectivity index (χ0v) is 9.75. The summed E-state index contributed by atoms with van der Waals surface area (Å²) in [4.78, 5) is 0. The lowest BCUT2D eigenvalue weighted by Gasteiger charge is -2.06. The summed E-state index contributed by atoms with van der Waals surface area (Å²) in [5, 5.41) is 0. The summed E-state index contributed by atoms with van der Waals surface area (Å²) < 4.78 is 5.58. The van der Waals surface area contributed by atoms with E-state index in [0.29, 0.717) is 0 Å². The van der Waals surface area contributed by atoms with Crippen molar-refractivity contribution in [3.05, 3.63) is 42.0 Å². The van der Waals surface area contributed by atoms with Crippen molar-refractivity contribution in [2.45, 2.75) is 33.1 Å². The quantitative estimate of drug-likeness (QED) is 0.503. The topological polar surface area (TPSA) is 9.23 Å². The van der Waals surface area contributed by atoms with E-state index in [-0.39, 0.29) is 0 Å². The molecule has 0 aliphatic rings. The number of hydrogen-bond acceptors (Lipinski definition) is 1. The van der Waals surface area contributed by atoms with Crippen LogP contribution >= 0.6 is 0 Å². The molecule has 0 aromatic heterocycles. The molecule has 0 N–H and O–H groups in total. The summed E-state index contributed by atoms with van der Waals surface area (Å²) in [6.45, 7) is 8.93. The summed E-state index contributed by atoms with van der Waals surface area (Å²) in [6, 6.07) is 8.29. The van der Waals surface area contributed by atoms with Gasteiger partial charge in [0.05, 0.1) is 6.61 Å². The van der Waals surface area contributed by atoms with Crippen LogP contribution in [0.15, 0.2) is 36.4 Å². The van der Waals surface area contributed by atoms with Crippen LogP contribution in [-0.4, -0.2) is 6.61 Å². The zero-order valence-electron chi connectivity index (χ0n) is 9.75. The van der Waals surface area contributed by atoms with Crippen LogP contribution < -0.4 is 4.74 Å². The first-order valence-corrected chi connectivity index (χ1v) is 5.58. The highest BCUT2D eigenvalue weighted by molar-refractivity contribution is 5.29. The summed E-state index contributed by atoms with van der Waals surface area (Å²) in [5.74, 6) is 0.967. The molecular weight excluding hydrogens is 184 g/mol. The van der Waals surface area contributed by atoms with Gasteiger partial charge in [-0.2, -0.15) is 0 Å². The molecule has 1 rings (SSSR count). The molecule has 82 valence electrons. The molecular formula is C14H20O. The molecule has 1 heteroatoms. The smallest absolute Gasteiger partial charge is 0.119 e. The van der Waals surface area contributed by atoms with E-state index in [4.69, 9.17) is 4.74 Å². The maximum atomic E-state index is 5.58. The van der Waals surface area contributed by atoms with E-state index in [1.807, 2.05) is 19.1 Å². The van der Waals surface area contributed by atoms with Crippen molar-refractivity contribution in [3.63, 3.8) is 0 Å². The Bertz CT molecular complexity index is 298. The minimum Gasteiger partial charge on any atom is -0.494 e. The molecule has 1 nitrogen and oxygen atoms in total. The van der Waals surface area contributed by atoms with E-state index < -0.39 is 0 Å². The van der Waals surface area contributed by atoms with Gasteiger partial charge in [-0.05, 0) is 37.5 Å². The Hall–Kier alpha value is -1.24. The SMILES string of the molecule is C=C(C)Cc1ccc(OCCCC)cc1. The van der Waals surface area contributed by atoms with Crippen molar-refractivity contribution in [1.29, 1.82) is 0 Å². The maximum Gasteiger partial charge on any atom is 0.119 e. The van der Waals surface area contributed by atoms with Crippen molar-refractivity contribution in [2.75, 3.05) is 6.61 Å². The van der Waals surface area contributed by atoms with E-state index in [2.05, 4.69) is 25.6 Å².